The van der Waals surface area contributed by atoms with Crippen molar-refractivity contribution >= 4 is 12.0 Å². The molecule has 0 bridgehead atoms. The molecule has 1 saturated heterocycles. The zero-order valence-electron chi connectivity index (χ0n) is 7.90. The maximum Gasteiger partial charge on any atom is 0.245 e. The highest BCUT2D eigenvalue weighted by atomic mass is 15.4. The van der Waals surface area contributed by atoms with Crippen LogP contribution in [-0.2, 0) is 7.05 Å². The minimum Gasteiger partial charge on any atom is -0.340 e. The van der Waals surface area contributed by atoms with Crippen molar-refractivity contribution in [2.45, 2.75) is 12.8 Å². The van der Waals surface area contributed by atoms with Crippen molar-refractivity contribution in [2.75, 3.05) is 18.0 Å². The van der Waals surface area contributed by atoms with E-state index in [1.54, 1.807) is 10.8 Å². The summed E-state index contributed by atoms with van der Waals surface area (Å²) in [5, 5.41) is 4.32. The molecule has 0 saturated carbocycles. The Labute approximate surface area is 77.9 Å². The van der Waals surface area contributed by atoms with Gasteiger partial charge in [-0.15, -0.1) is 5.10 Å². The van der Waals surface area contributed by atoms with Gasteiger partial charge < -0.3 is 4.90 Å². The minimum atomic E-state index is 0.835. The second-order valence-electron chi connectivity index (χ2n) is 3.29. The Morgan fingerprint density at radius 1 is 1.38 bits per heavy atom. The van der Waals surface area contributed by atoms with Crippen LogP contribution in [0.1, 0.15) is 18.7 Å². The maximum atomic E-state index is 4.37. The number of hydrogen-bond donors (Lipinski definition) is 0. The Bertz CT molecular complexity index is 309. The van der Waals surface area contributed by atoms with Crippen LogP contribution < -0.4 is 4.90 Å². The van der Waals surface area contributed by atoms with Gasteiger partial charge in [-0.1, -0.05) is 6.58 Å². The zero-order chi connectivity index (χ0) is 9.26. The van der Waals surface area contributed by atoms with Gasteiger partial charge in [-0.05, 0) is 18.9 Å². The predicted molar refractivity (Wildman–Crippen MR) is 52.5 cm³/mol. The van der Waals surface area contributed by atoms with Gasteiger partial charge in [0.2, 0.25) is 5.95 Å². The SMILES string of the molecule is C=Cc1nc(N2CCCC2)nn1C. The highest BCUT2D eigenvalue weighted by molar-refractivity contribution is 5.41. The fourth-order valence-corrected chi connectivity index (χ4v) is 1.61. The average Bonchev–Trinajstić information content (AvgIpc) is 2.71. The lowest BCUT2D eigenvalue weighted by atomic mass is 10.4. The van der Waals surface area contributed by atoms with Gasteiger partial charge >= 0.3 is 0 Å². The molecule has 0 atom stereocenters. The molecule has 0 radical (unpaired) electrons. The summed E-state index contributed by atoms with van der Waals surface area (Å²) in [6.07, 6.45) is 4.23. The van der Waals surface area contributed by atoms with E-state index >= 15 is 0 Å². The van der Waals surface area contributed by atoms with Gasteiger partial charge in [0.25, 0.3) is 0 Å². The number of anilines is 1. The van der Waals surface area contributed by atoms with Crippen molar-refractivity contribution in [1.29, 1.82) is 0 Å². The summed E-state index contributed by atoms with van der Waals surface area (Å²) in [4.78, 5) is 6.59. The molecule has 2 rings (SSSR count). The van der Waals surface area contributed by atoms with Gasteiger partial charge in [0.15, 0.2) is 5.82 Å². The van der Waals surface area contributed by atoms with E-state index in [0.717, 1.165) is 24.9 Å². The quantitative estimate of drug-likeness (QED) is 0.679. The first-order chi connectivity index (χ1) is 6.31. The van der Waals surface area contributed by atoms with E-state index < -0.39 is 0 Å². The predicted octanol–water partition coefficient (Wildman–Crippen LogP) is 1.06. The van der Waals surface area contributed by atoms with Crippen LogP contribution >= 0.6 is 0 Å². The van der Waals surface area contributed by atoms with Crippen molar-refractivity contribution in [3.8, 4) is 0 Å². The highest BCUT2D eigenvalue weighted by Gasteiger charge is 2.16. The van der Waals surface area contributed by atoms with Crippen molar-refractivity contribution in [1.82, 2.24) is 14.8 Å². The molecule has 0 aliphatic carbocycles. The molecule has 0 unspecified atom stereocenters. The normalized spacial score (nSPS) is 16.5. The molecule has 1 aromatic heterocycles. The Morgan fingerprint density at radius 2 is 2.08 bits per heavy atom. The molecule has 0 N–H and O–H groups in total. The summed E-state index contributed by atoms with van der Waals surface area (Å²) in [6.45, 7) is 5.86. The van der Waals surface area contributed by atoms with Gasteiger partial charge in [-0.3, -0.25) is 0 Å². The lowest BCUT2D eigenvalue weighted by molar-refractivity contribution is 0.747. The second-order valence-corrected chi connectivity index (χ2v) is 3.29. The van der Waals surface area contributed by atoms with Crippen LogP contribution in [0.25, 0.3) is 6.08 Å². The van der Waals surface area contributed by atoms with E-state index in [1.807, 2.05) is 7.05 Å². The molecule has 2 heterocycles. The van der Waals surface area contributed by atoms with Gasteiger partial charge in [-0.2, -0.15) is 4.98 Å². The van der Waals surface area contributed by atoms with Crippen LogP contribution in [0.4, 0.5) is 5.95 Å². The molecule has 1 fully saturated rings. The maximum absolute atomic E-state index is 4.37. The van der Waals surface area contributed by atoms with Crippen LogP contribution in [0, 0.1) is 0 Å². The molecule has 4 heteroatoms. The monoisotopic (exact) mass is 178 g/mol. The molecule has 13 heavy (non-hydrogen) atoms. The molecule has 70 valence electrons. The summed E-state index contributed by atoms with van der Waals surface area (Å²) in [5.41, 5.74) is 0. The molecule has 1 aromatic rings. The number of hydrogen-bond acceptors (Lipinski definition) is 3. The van der Waals surface area contributed by atoms with E-state index in [1.165, 1.54) is 12.8 Å². The summed E-state index contributed by atoms with van der Waals surface area (Å²) in [6, 6.07) is 0. The topological polar surface area (TPSA) is 34.0 Å². The fraction of sp³-hybridized carbons (Fsp3) is 0.556. The number of rotatable bonds is 2. The first-order valence-electron chi connectivity index (χ1n) is 4.59. The summed E-state index contributed by atoms with van der Waals surface area (Å²) < 4.78 is 1.76. The number of nitrogens with zero attached hydrogens (tertiary/aromatic N) is 4. The van der Waals surface area contributed by atoms with Gasteiger partial charge in [0.1, 0.15) is 0 Å². The molecule has 0 aromatic carbocycles. The zero-order valence-corrected chi connectivity index (χ0v) is 7.90. The van der Waals surface area contributed by atoms with Crippen molar-refractivity contribution in [3.05, 3.63) is 12.4 Å². The summed E-state index contributed by atoms with van der Waals surface area (Å²) in [7, 11) is 1.89. The van der Waals surface area contributed by atoms with E-state index in [0.29, 0.717) is 0 Å². The Hall–Kier alpha value is -1.32. The molecule has 1 aliphatic rings. The Morgan fingerprint density at radius 3 is 2.62 bits per heavy atom. The summed E-state index contributed by atoms with van der Waals surface area (Å²) in [5.74, 6) is 1.68. The van der Waals surface area contributed by atoms with Crippen LogP contribution in [0.5, 0.6) is 0 Å². The van der Waals surface area contributed by atoms with Crippen LogP contribution in [0.3, 0.4) is 0 Å². The van der Waals surface area contributed by atoms with E-state index in [-0.39, 0.29) is 0 Å². The van der Waals surface area contributed by atoms with Gasteiger partial charge in [0.05, 0.1) is 0 Å². The molecule has 0 amide bonds. The molecule has 0 spiro atoms. The lowest BCUT2D eigenvalue weighted by Gasteiger charge is -2.10. The average molecular weight is 178 g/mol. The van der Waals surface area contributed by atoms with Crippen molar-refractivity contribution in [2.24, 2.45) is 7.05 Å². The first-order valence-corrected chi connectivity index (χ1v) is 4.59. The molecular weight excluding hydrogens is 164 g/mol. The lowest BCUT2D eigenvalue weighted by Crippen LogP contribution is -2.19. The fourth-order valence-electron chi connectivity index (χ4n) is 1.61. The smallest absolute Gasteiger partial charge is 0.245 e. The first kappa shape index (κ1) is 8.29. The van der Waals surface area contributed by atoms with Gasteiger partial charge in [0, 0.05) is 20.1 Å². The van der Waals surface area contributed by atoms with E-state index in [2.05, 4.69) is 21.6 Å². The molecular formula is C9H14N4. The van der Waals surface area contributed by atoms with Crippen LogP contribution in [-0.4, -0.2) is 27.9 Å². The molecule has 4 nitrogen and oxygen atoms in total. The summed E-state index contributed by atoms with van der Waals surface area (Å²) >= 11 is 0. The number of aryl methyl sites for hydroxylation is 1. The van der Waals surface area contributed by atoms with Crippen molar-refractivity contribution in [3.63, 3.8) is 0 Å². The number of aromatic nitrogens is 3. The standard InChI is InChI=1S/C9H14N4/c1-3-8-10-9(11-12(8)2)13-6-4-5-7-13/h3H,1,4-7H2,2H3. The van der Waals surface area contributed by atoms with Crippen molar-refractivity contribution < 1.29 is 0 Å². The van der Waals surface area contributed by atoms with E-state index in [9.17, 15) is 0 Å². The van der Waals surface area contributed by atoms with Crippen LogP contribution in [0.2, 0.25) is 0 Å². The van der Waals surface area contributed by atoms with Crippen LogP contribution in [0.15, 0.2) is 6.58 Å². The third-order valence-corrected chi connectivity index (χ3v) is 2.36. The minimum absolute atomic E-state index is 0.835. The third-order valence-electron chi connectivity index (χ3n) is 2.36. The molecule has 1 aliphatic heterocycles. The Kier molecular flexibility index (Phi) is 2.04. The van der Waals surface area contributed by atoms with Gasteiger partial charge in [-0.25, -0.2) is 4.68 Å². The Balaban J connectivity index is 2.24. The highest BCUT2D eigenvalue weighted by Crippen LogP contribution is 2.15. The van der Waals surface area contributed by atoms with E-state index in [4.69, 9.17) is 0 Å². The second kappa shape index (κ2) is 3.20. The third kappa shape index (κ3) is 1.43. The largest absolute Gasteiger partial charge is 0.340 e.